The van der Waals surface area contributed by atoms with E-state index in [0.717, 1.165) is 27.3 Å². The molecule has 0 aliphatic carbocycles. The van der Waals surface area contributed by atoms with Crippen LogP contribution in [-0.2, 0) is 5.41 Å². The number of nitrogens with two attached hydrogens (primary N) is 1. The number of carbonyl (C=O) groups is 1. The zero-order valence-electron chi connectivity index (χ0n) is 20.8. The van der Waals surface area contributed by atoms with E-state index in [1.54, 1.807) is 10.7 Å². The second-order valence-electron chi connectivity index (χ2n) is 9.77. The van der Waals surface area contributed by atoms with Gasteiger partial charge in [-0.1, -0.05) is 44.5 Å². The standard InChI is InChI=1S/C27H26FN7OS/c1-15-5-8-17(9-6-15)35-22(12-21(34-35)27(2,3)4)33-26(36)32-20-10-7-16(11-19(20)28)18-13-37-25-23(18)24(29)30-14-31-25/h5-14H,1-4H3,(H2,29,30,31)(H2,32,33,36). The molecular formula is C27H26FN7OS. The van der Waals surface area contributed by atoms with Crippen molar-refractivity contribution in [2.75, 3.05) is 16.4 Å². The van der Waals surface area contributed by atoms with Gasteiger partial charge in [0.15, 0.2) is 0 Å². The number of anilines is 3. The number of hydrogen-bond acceptors (Lipinski definition) is 6. The summed E-state index contributed by atoms with van der Waals surface area (Å²) in [5.74, 6) is 0.233. The van der Waals surface area contributed by atoms with Crippen molar-refractivity contribution in [1.29, 1.82) is 0 Å². The Hall–Kier alpha value is -4.31. The van der Waals surface area contributed by atoms with Gasteiger partial charge >= 0.3 is 6.03 Å². The molecule has 0 atom stereocenters. The van der Waals surface area contributed by atoms with Crippen LogP contribution in [0.15, 0.2) is 60.2 Å². The van der Waals surface area contributed by atoms with Crippen molar-refractivity contribution in [2.24, 2.45) is 0 Å². The normalized spacial score (nSPS) is 11.6. The fraction of sp³-hybridized carbons (Fsp3) is 0.185. The number of halogens is 1. The second-order valence-corrected chi connectivity index (χ2v) is 10.6. The molecule has 4 N–H and O–H groups in total. The molecule has 0 bridgehead atoms. The van der Waals surface area contributed by atoms with Crippen molar-refractivity contribution >= 4 is 44.9 Å². The van der Waals surface area contributed by atoms with Crippen LogP contribution in [0.3, 0.4) is 0 Å². The maximum atomic E-state index is 15.1. The SMILES string of the molecule is Cc1ccc(-n2nc(C(C)(C)C)cc2NC(=O)Nc2ccc(-c3csc4ncnc(N)c34)cc2F)cc1. The average Bonchev–Trinajstić information content (AvgIpc) is 3.46. The number of nitrogens with zero attached hydrogens (tertiary/aromatic N) is 4. The Morgan fingerprint density at radius 1 is 1.05 bits per heavy atom. The van der Waals surface area contributed by atoms with Crippen LogP contribution in [-0.4, -0.2) is 25.8 Å². The third-order valence-corrected chi connectivity index (χ3v) is 6.81. The van der Waals surface area contributed by atoms with E-state index < -0.39 is 11.8 Å². The summed E-state index contributed by atoms with van der Waals surface area (Å²) in [4.78, 5) is 21.9. The molecule has 0 fully saturated rings. The van der Waals surface area contributed by atoms with Gasteiger partial charge in [0, 0.05) is 22.4 Å². The van der Waals surface area contributed by atoms with Gasteiger partial charge < -0.3 is 11.1 Å². The van der Waals surface area contributed by atoms with Gasteiger partial charge in [0.1, 0.15) is 28.6 Å². The smallest absolute Gasteiger partial charge is 0.324 e. The molecule has 2 aromatic carbocycles. The van der Waals surface area contributed by atoms with Gasteiger partial charge in [-0.2, -0.15) is 5.10 Å². The Balaban J connectivity index is 1.40. The first kappa shape index (κ1) is 24.4. The van der Waals surface area contributed by atoms with Crippen molar-refractivity contribution in [2.45, 2.75) is 33.1 Å². The third-order valence-electron chi connectivity index (χ3n) is 5.93. The number of benzene rings is 2. The minimum Gasteiger partial charge on any atom is -0.383 e. The first-order valence-corrected chi connectivity index (χ1v) is 12.5. The Morgan fingerprint density at radius 2 is 1.81 bits per heavy atom. The number of carbonyl (C=O) groups excluding carboxylic acids is 1. The molecule has 0 aliphatic heterocycles. The summed E-state index contributed by atoms with van der Waals surface area (Å²) < 4.78 is 16.7. The van der Waals surface area contributed by atoms with Crippen molar-refractivity contribution in [3.63, 3.8) is 0 Å². The van der Waals surface area contributed by atoms with Gasteiger partial charge in [0.05, 0.1) is 22.5 Å². The van der Waals surface area contributed by atoms with Crippen LogP contribution in [0.1, 0.15) is 32.0 Å². The summed E-state index contributed by atoms with van der Waals surface area (Å²) >= 11 is 1.41. The number of aryl methyl sites for hydroxylation is 1. The predicted molar refractivity (Wildman–Crippen MR) is 147 cm³/mol. The lowest BCUT2D eigenvalue weighted by molar-refractivity contribution is 0.262. The van der Waals surface area contributed by atoms with Gasteiger partial charge in [-0.25, -0.2) is 23.8 Å². The second kappa shape index (κ2) is 9.29. The number of urea groups is 1. The van der Waals surface area contributed by atoms with E-state index in [1.807, 2.05) is 63.4 Å². The highest BCUT2D eigenvalue weighted by Crippen LogP contribution is 2.36. The van der Waals surface area contributed by atoms with Gasteiger partial charge in [-0.15, -0.1) is 11.3 Å². The van der Waals surface area contributed by atoms with Crippen LogP contribution in [0.25, 0.3) is 27.0 Å². The maximum Gasteiger partial charge on any atom is 0.324 e. The first-order valence-electron chi connectivity index (χ1n) is 11.6. The van der Waals surface area contributed by atoms with Crippen molar-refractivity contribution < 1.29 is 9.18 Å². The summed E-state index contributed by atoms with van der Waals surface area (Å²) in [6.07, 6.45) is 1.40. The molecule has 188 valence electrons. The predicted octanol–water partition coefficient (Wildman–Crippen LogP) is 6.52. The van der Waals surface area contributed by atoms with Crippen LogP contribution in [0.5, 0.6) is 0 Å². The summed E-state index contributed by atoms with van der Waals surface area (Å²) in [6.45, 7) is 8.15. The van der Waals surface area contributed by atoms with Crippen LogP contribution in [0, 0.1) is 12.7 Å². The molecule has 8 nitrogen and oxygen atoms in total. The number of rotatable bonds is 4. The lowest BCUT2D eigenvalue weighted by Crippen LogP contribution is -2.22. The first-order chi connectivity index (χ1) is 17.6. The number of nitrogen functional groups attached to an aromatic ring is 1. The molecule has 5 aromatic rings. The van der Waals surface area contributed by atoms with E-state index in [0.29, 0.717) is 22.6 Å². The lowest BCUT2D eigenvalue weighted by atomic mass is 9.92. The molecular weight excluding hydrogens is 489 g/mol. The molecule has 0 spiro atoms. The molecule has 0 radical (unpaired) electrons. The Bertz CT molecular complexity index is 1620. The zero-order valence-corrected chi connectivity index (χ0v) is 21.7. The molecule has 0 saturated heterocycles. The molecule has 0 aliphatic rings. The number of thiophene rings is 1. The monoisotopic (exact) mass is 515 g/mol. The lowest BCUT2D eigenvalue weighted by Gasteiger charge is -2.14. The van der Waals surface area contributed by atoms with Crippen molar-refractivity contribution in [3.05, 3.63) is 77.3 Å². The summed E-state index contributed by atoms with van der Waals surface area (Å²) in [7, 11) is 0. The average molecular weight is 516 g/mol. The van der Waals surface area contributed by atoms with E-state index in [-0.39, 0.29) is 11.1 Å². The van der Waals surface area contributed by atoms with E-state index in [2.05, 4.69) is 20.6 Å². The summed E-state index contributed by atoms with van der Waals surface area (Å²) in [5, 5.41) is 12.7. The number of amides is 2. The van der Waals surface area contributed by atoms with E-state index >= 15 is 4.39 Å². The molecule has 3 aromatic heterocycles. The van der Waals surface area contributed by atoms with Gasteiger partial charge in [0.2, 0.25) is 0 Å². The van der Waals surface area contributed by atoms with Gasteiger partial charge in [-0.3, -0.25) is 5.32 Å². The van der Waals surface area contributed by atoms with E-state index in [1.165, 1.54) is 29.8 Å². The van der Waals surface area contributed by atoms with Gasteiger partial charge in [-0.05, 0) is 36.8 Å². The topological polar surface area (TPSA) is 111 Å². The highest BCUT2D eigenvalue weighted by atomic mass is 32.1. The highest BCUT2D eigenvalue weighted by molar-refractivity contribution is 7.17. The Labute approximate surface area is 217 Å². The number of fused-ring (bicyclic) bond motifs is 1. The molecule has 3 heterocycles. The highest BCUT2D eigenvalue weighted by Gasteiger charge is 2.22. The summed E-state index contributed by atoms with van der Waals surface area (Å²) in [6, 6.07) is 13.7. The van der Waals surface area contributed by atoms with Crippen LogP contribution >= 0.6 is 11.3 Å². The number of nitrogens with one attached hydrogen (secondary N) is 2. The zero-order chi connectivity index (χ0) is 26.3. The van der Waals surface area contributed by atoms with Crippen LogP contribution < -0.4 is 16.4 Å². The van der Waals surface area contributed by atoms with Crippen LogP contribution in [0.2, 0.25) is 0 Å². The maximum absolute atomic E-state index is 15.1. The number of hydrogen-bond donors (Lipinski definition) is 3. The molecule has 0 saturated carbocycles. The van der Waals surface area contributed by atoms with Gasteiger partial charge in [0.25, 0.3) is 0 Å². The molecule has 5 rings (SSSR count). The molecule has 10 heteroatoms. The minimum atomic E-state index is -0.584. The van der Waals surface area contributed by atoms with Crippen LogP contribution in [0.4, 0.5) is 26.5 Å². The quantitative estimate of drug-likeness (QED) is 0.252. The van der Waals surface area contributed by atoms with E-state index in [9.17, 15) is 4.79 Å². The number of aromatic nitrogens is 4. The molecule has 0 unspecified atom stereocenters. The van der Waals surface area contributed by atoms with E-state index in [4.69, 9.17) is 10.8 Å². The van der Waals surface area contributed by atoms with Crippen molar-refractivity contribution in [3.8, 4) is 16.8 Å². The third kappa shape index (κ3) is 4.88. The largest absolute Gasteiger partial charge is 0.383 e. The minimum absolute atomic E-state index is 0.0439. The Kier molecular flexibility index (Phi) is 6.12. The fourth-order valence-corrected chi connectivity index (χ4v) is 4.81. The Morgan fingerprint density at radius 3 is 2.51 bits per heavy atom. The van der Waals surface area contributed by atoms with Crippen molar-refractivity contribution in [1.82, 2.24) is 19.7 Å². The molecule has 37 heavy (non-hydrogen) atoms. The molecule has 2 amide bonds. The fourth-order valence-electron chi connectivity index (χ4n) is 3.88. The summed E-state index contributed by atoms with van der Waals surface area (Å²) in [5.41, 5.74) is 9.92.